The van der Waals surface area contributed by atoms with Gasteiger partial charge in [-0.3, -0.25) is 4.79 Å². The van der Waals surface area contributed by atoms with Gasteiger partial charge in [0.2, 0.25) is 0 Å². The highest BCUT2D eigenvalue weighted by atomic mass is 16.5. The Morgan fingerprint density at radius 2 is 1.81 bits per heavy atom. The zero-order chi connectivity index (χ0) is 18.5. The monoisotopic (exact) mass is 355 g/mol. The minimum absolute atomic E-state index is 0.235. The van der Waals surface area contributed by atoms with Gasteiger partial charge in [0.15, 0.2) is 6.61 Å². The average Bonchev–Trinajstić information content (AvgIpc) is 3.13. The topological polar surface area (TPSA) is 73.9 Å². The molecule has 0 saturated carbocycles. The van der Waals surface area contributed by atoms with Crippen molar-refractivity contribution >= 4 is 17.6 Å². The van der Waals surface area contributed by atoms with Crippen molar-refractivity contribution in [3.05, 3.63) is 53.1 Å². The normalized spacial score (nSPS) is 12.2. The molecule has 26 heavy (non-hydrogen) atoms. The molecule has 0 aromatic heterocycles. The second-order valence-corrected chi connectivity index (χ2v) is 6.03. The average molecular weight is 355 g/mol. The maximum Gasteiger partial charge on any atom is 0.342 e. The number of benzene rings is 2. The molecule has 1 aliphatic rings. The van der Waals surface area contributed by atoms with E-state index in [-0.39, 0.29) is 18.1 Å². The summed E-state index contributed by atoms with van der Waals surface area (Å²) in [6.45, 7) is -0.370. The molecule has 1 aliphatic carbocycles. The first-order valence-corrected chi connectivity index (χ1v) is 8.41. The van der Waals surface area contributed by atoms with Crippen LogP contribution in [0, 0.1) is 0 Å². The first-order chi connectivity index (χ1) is 12.6. The van der Waals surface area contributed by atoms with Crippen LogP contribution in [0.15, 0.2) is 36.4 Å². The van der Waals surface area contributed by atoms with Crippen LogP contribution in [0.3, 0.4) is 0 Å². The lowest BCUT2D eigenvalue weighted by molar-refractivity contribution is -0.119. The van der Waals surface area contributed by atoms with Gasteiger partial charge in [0.05, 0.1) is 14.2 Å². The highest BCUT2D eigenvalue weighted by Crippen LogP contribution is 2.26. The number of fused-ring (bicyclic) bond motifs is 1. The number of amides is 1. The molecule has 0 bridgehead atoms. The van der Waals surface area contributed by atoms with Crippen molar-refractivity contribution in [2.75, 3.05) is 26.1 Å². The molecular weight excluding hydrogens is 334 g/mol. The van der Waals surface area contributed by atoms with E-state index in [0.29, 0.717) is 17.2 Å². The van der Waals surface area contributed by atoms with Gasteiger partial charge in [0, 0.05) is 11.8 Å². The number of hydrogen-bond acceptors (Lipinski definition) is 5. The zero-order valence-electron chi connectivity index (χ0n) is 14.8. The molecule has 0 heterocycles. The van der Waals surface area contributed by atoms with Gasteiger partial charge in [-0.1, -0.05) is 6.07 Å². The molecule has 6 heteroatoms. The summed E-state index contributed by atoms with van der Waals surface area (Å²) in [6.07, 6.45) is 3.27. The summed E-state index contributed by atoms with van der Waals surface area (Å²) < 4.78 is 15.4. The molecule has 0 spiro atoms. The van der Waals surface area contributed by atoms with Crippen molar-refractivity contribution in [1.29, 1.82) is 0 Å². The maximum atomic E-state index is 12.2. The SMILES string of the molecule is COc1ccc(C(=O)OCC(=O)Nc2ccc3c(c2)CCC3)c(OC)c1. The van der Waals surface area contributed by atoms with Crippen LogP contribution < -0.4 is 14.8 Å². The molecule has 0 saturated heterocycles. The van der Waals surface area contributed by atoms with E-state index < -0.39 is 5.97 Å². The molecule has 136 valence electrons. The Balaban J connectivity index is 1.58. The van der Waals surface area contributed by atoms with Gasteiger partial charge >= 0.3 is 5.97 Å². The predicted octanol–water partition coefficient (Wildman–Crippen LogP) is 2.99. The van der Waals surface area contributed by atoms with Crippen LogP contribution in [-0.2, 0) is 22.4 Å². The van der Waals surface area contributed by atoms with E-state index in [2.05, 4.69) is 5.32 Å². The van der Waals surface area contributed by atoms with Crippen molar-refractivity contribution in [2.24, 2.45) is 0 Å². The summed E-state index contributed by atoms with van der Waals surface area (Å²) in [5.41, 5.74) is 3.55. The third kappa shape index (κ3) is 3.96. The summed E-state index contributed by atoms with van der Waals surface area (Å²) in [7, 11) is 2.97. The van der Waals surface area contributed by atoms with E-state index in [4.69, 9.17) is 14.2 Å². The van der Waals surface area contributed by atoms with Gasteiger partial charge in [-0.2, -0.15) is 0 Å². The summed E-state index contributed by atoms with van der Waals surface area (Å²) >= 11 is 0. The van der Waals surface area contributed by atoms with Crippen LogP contribution >= 0.6 is 0 Å². The number of ether oxygens (including phenoxy) is 3. The number of anilines is 1. The van der Waals surface area contributed by atoms with Crippen molar-refractivity contribution in [3.8, 4) is 11.5 Å². The van der Waals surface area contributed by atoms with Gasteiger partial charge in [0.25, 0.3) is 5.91 Å². The molecule has 1 amide bonds. The van der Waals surface area contributed by atoms with Crippen LogP contribution in [0.1, 0.15) is 27.9 Å². The molecule has 0 unspecified atom stereocenters. The molecule has 3 rings (SSSR count). The molecule has 2 aromatic rings. The molecule has 1 N–H and O–H groups in total. The number of carbonyl (C=O) groups is 2. The fourth-order valence-electron chi connectivity index (χ4n) is 3.02. The highest BCUT2D eigenvalue weighted by molar-refractivity contribution is 5.97. The van der Waals surface area contributed by atoms with Crippen molar-refractivity contribution < 1.29 is 23.8 Å². The third-order valence-electron chi connectivity index (χ3n) is 4.35. The quantitative estimate of drug-likeness (QED) is 0.807. The molecule has 0 aliphatic heterocycles. The van der Waals surface area contributed by atoms with E-state index in [9.17, 15) is 9.59 Å². The Kier molecular flexibility index (Phi) is 5.41. The summed E-state index contributed by atoms with van der Waals surface area (Å²) in [4.78, 5) is 24.3. The first kappa shape index (κ1) is 17.8. The third-order valence-corrected chi connectivity index (χ3v) is 4.35. The Hall–Kier alpha value is -3.02. The van der Waals surface area contributed by atoms with E-state index in [1.54, 1.807) is 18.2 Å². The lowest BCUT2D eigenvalue weighted by Crippen LogP contribution is -2.21. The van der Waals surface area contributed by atoms with Crippen LogP contribution in [0.25, 0.3) is 0 Å². The van der Waals surface area contributed by atoms with Crippen LogP contribution in [0.4, 0.5) is 5.69 Å². The number of aryl methyl sites for hydroxylation is 2. The molecule has 0 atom stereocenters. The Morgan fingerprint density at radius 1 is 1.00 bits per heavy atom. The predicted molar refractivity (Wildman–Crippen MR) is 96.9 cm³/mol. The van der Waals surface area contributed by atoms with E-state index >= 15 is 0 Å². The molecule has 0 radical (unpaired) electrons. The van der Waals surface area contributed by atoms with E-state index in [0.717, 1.165) is 19.3 Å². The Morgan fingerprint density at radius 3 is 2.58 bits per heavy atom. The number of nitrogens with one attached hydrogen (secondary N) is 1. The van der Waals surface area contributed by atoms with Gasteiger partial charge in [-0.15, -0.1) is 0 Å². The second kappa shape index (κ2) is 7.91. The number of methoxy groups -OCH3 is 2. The first-order valence-electron chi connectivity index (χ1n) is 8.41. The Bertz CT molecular complexity index is 831. The minimum Gasteiger partial charge on any atom is -0.497 e. The second-order valence-electron chi connectivity index (χ2n) is 6.03. The lowest BCUT2D eigenvalue weighted by atomic mass is 10.1. The molecule has 2 aromatic carbocycles. The molecule has 6 nitrogen and oxygen atoms in total. The standard InChI is InChI=1S/C20H21NO5/c1-24-16-8-9-17(18(11-16)25-2)20(23)26-12-19(22)21-15-7-6-13-4-3-5-14(13)10-15/h6-11H,3-5,12H2,1-2H3,(H,21,22). The summed E-state index contributed by atoms with van der Waals surface area (Å²) in [6, 6.07) is 10.6. The van der Waals surface area contributed by atoms with Gasteiger partial charge < -0.3 is 19.5 Å². The maximum absolute atomic E-state index is 12.2. The van der Waals surface area contributed by atoms with Gasteiger partial charge in [0.1, 0.15) is 17.1 Å². The zero-order valence-corrected chi connectivity index (χ0v) is 14.8. The minimum atomic E-state index is -0.631. The number of hydrogen-bond donors (Lipinski definition) is 1. The van der Waals surface area contributed by atoms with Crippen LogP contribution in [0.5, 0.6) is 11.5 Å². The van der Waals surface area contributed by atoms with E-state index in [1.807, 2.05) is 18.2 Å². The molecule has 0 fully saturated rings. The largest absolute Gasteiger partial charge is 0.497 e. The summed E-state index contributed by atoms with van der Waals surface area (Å²) in [5, 5.41) is 2.76. The smallest absolute Gasteiger partial charge is 0.342 e. The van der Waals surface area contributed by atoms with Crippen LogP contribution in [-0.4, -0.2) is 32.7 Å². The van der Waals surface area contributed by atoms with Crippen molar-refractivity contribution in [2.45, 2.75) is 19.3 Å². The van der Waals surface area contributed by atoms with Crippen LogP contribution in [0.2, 0.25) is 0 Å². The fraction of sp³-hybridized carbons (Fsp3) is 0.300. The number of esters is 1. The van der Waals surface area contributed by atoms with Crippen molar-refractivity contribution in [3.63, 3.8) is 0 Å². The fourth-order valence-corrected chi connectivity index (χ4v) is 3.02. The number of carbonyl (C=O) groups excluding carboxylic acids is 2. The van der Waals surface area contributed by atoms with Gasteiger partial charge in [-0.05, 0) is 54.7 Å². The van der Waals surface area contributed by atoms with E-state index in [1.165, 1.54) is 25.3 Å². The number of rotatable bonds is 6. The highest BCUT2D eigenvalue weighted by Gasteiger charge is 2.17. The lowest BCUT2D eigenvalue weighted by Gasteiger charge is -2.11. The summed E-state index contributed by atoms with van der Waals surface area (Å²) in [5.74, 6) is -0.126. The Labute approximate surface area is 152 Å². The van der Waals surface area contributed by atoms with Crippen molar-refractivity contribution in [1.82, 2.24) is 0 Å². The van der Waals surface area contributed by atoms with Gasteiger partial charge in [-0.25, -0.2) is 4.79 Å². The molecular formula is C20H21NO5.